The van der Waals surface area contributed by atoms with Gasteiger partial charge in [0.2, 0.25) is 11.1 Å². The average Bonchev–Trinajstić information content (AvgIpc) is 3.16. The van der Waals surface area contributed by atoms with E-state index >= 15 is 0 Å². The predicted molar refractivity (Wildman–Crippen MR) is 113 cm³/mol. The van der Waals surface area contributed by atoms with E-state index in [1.54, 1.807) is 31.2 Å². The second-order valence-electron chi connectivity index (χ2n) is 7.06. The summed E-state index contributed by atoms with van der Waals surface area (Å²) in [6.45, 7) is 1.77. The van der Waals surface area contributed by atoms with E-state index in [-0.39, 0.29) is 47.6 Å². The molecule has 13 heteroatoms. The fraction of sp³-hybridized carbons (Fsp3) is 0.316. The number of hydrogen-bond donors (Lipinski definition) is 3. The van der Waals surface area contributed by atoms with E-state index in [1.165, 1.54) is 28.4 Å². The second kappa shape index (κ2) is 10.3. The van der Waals surface area contributed by atoms with Crippen LogP contribution in [-0.4, -0.2) is 60.8 Å². The van der Waals surface area contributed by atoms with E-state index in [0.717, 1.165) is 0 Å². The zero-order chi connectivity index (χ0) is 22.1. The number of nitrogen functional groups attached to an aromatic ring is 1. The molecule has 4 N–H and O–H groups in total. The number of nitrogens with one attached hydrogen (secondary N) is 2. The van der Waals surface area contributed by atoms with Gasteiger partial charge in [-0.15, -0.1) is 16.9 Å². The predicted octanol–water partition coefficient (Wildman–Crippen LogP) is -3.56. The van der Waals surface area contributed by atoms with E-state index < -0.39 is 23.3 Å². The van der Waals surface area contributed by atoms with Crippen LogP contribution in [0.3, 0.4) is 0 Å². The summed E-state index contributed by atoms with van der Waals surface area (Å²) in [7, 11) is 0. The normalized spacial score (nSPS) is 19.7. The Morgan fingerprint density at radius 3 is 2.81 bits per heavy atom. The first kappa shape index (κ1) is 24.6. The SMILES string of the molecule is Cc1nc(SCC2=C(C(=O)[O-])N3C(=O)C(NC(=O)Cc4ccccc4N)[C@H]3SC2)n[nH]1.[Na+]. The molecular formula is C19H19N6NaO4S2. The van der Waals surface area contributed by atoms with E-state index in [0.29, 0.717) is 39.3 Å². The Kier molecular flexibility index (Phi) is 7.93. The molecule has 10 nitrogen and oxygen atoms in total. The van der Waals surface area contributed by atoms with Gasteiger partial charge in [0.15, 0.2) is 0 Å². The molecule has 1 unspecified atom stereocenters. The third-order valence-electron chi connectivity index (χ3n) is 4.92. The van der Waals surface area contributed by atoms with Crippen LogP contribution in [0.25, 0.3) is 0 Å². The van der Waals surface area contributed by atoms with Gasteiger partial charge in [-0.1, -0.05) is 30.0 Å². The molecule has 0 bridgehead atoms. The second-order valence-corrected chi connectivity index (χ2v) is 9.11. The zero-order valence-electron chi connectivity index (χ0n) is 17.5. The number of fused-ring (bicyclic) bond motifs is 1. The number of carboxylic acids is 1. The van der Waals surface area contributed by atoms with Crippen LogP contribution in [0.5, 0.6) is 0 Å². The summed E-state index contributed by atoms with van der Waals surface area (Å²) in [5, 5.41) is 21.3. The van der Waals surface area contributed by atoms with Crippen LogP contribution in [0.4, 0.5) is 5.69 Å². The van der Waals surface area contributed by atoms with Gasteiger partial charge in [-0.25, -0.2) is 4.98 Å². The number of aliphatic carboxylic acids is 1. The number of nitrogens with two attached hydrogens (primary N) is 1. The van der Waals surface area contributed by atoms with Crippen LogP contribution in [0.1, 0.15) is 11.4 Å². The van der Waals surface area contributed by atoms with E-state index in [9.17, 15) is 19.5 Å². The van der Waals surface area contributed by atoms with Crippen molar-refractivity contribution in [2.24, 2.45) is 0 Å². The van der Waals surface area contributed by atoms with Crippen molar-refractivity contribution in [3.63, 3.8) is 0 Å². The molecular weight excluding hydrogens is 463 g/mol. The molecule has 1 aromatic carbocycles. The number of nitrogens with zero attached hydrogens (tertiary/aromatic N) is 3. The maximum absolute atomic E-state index is 12.7. The zero-order valence-corrected chi connectivity index (χ0v) is 21.1. The van der Waals surface area contributed by atoms with Crippen LogP contribution >= 0.6 is 23.5 Å². The standard InChI is InChI=1S/C19H20N6O4S2.Na/c1-9-21-19(24-23-9)31-8-11-7-30-17-14(16(27)25(17)15(11)18(28)29)22-13(26)6-10-4-2-3-5-12(10)20;/h2-5,14,17H,6-8,20H2,1H3,(H,22,26)(H,28,29)(H,21,23,24);/q;+1/p-1/t14?,17-;/m1./s1. The van der Waals surface area contributed by atoms with E-state index in [1.807, 2.05) is 0 Å². The third kappa shape index (κ3) is 4.99. The number of amides is 2. The molecule has 1 aromatic heterocycles. The van der Waals surface area contributed by atoms with Crippen molar-refractivity contribution in [3.8, 4) is 0 Å². The topological polar surface area (TPSA) is 157 Å². The number of aromatic nitrogens is 3. The Morgan fingerprint density at radius 2 is 2.16 bits per heavy atom. The summed E-state index contributed by atoms with van der Waals surface area (Å²) >= 11 is 2.68. The molecule has 0 spiro atoms. The molecule has 2 amide bonds. The van der Waals surface area contributed by atoms with Crippen LogP contribution in [0.2, 0.25) is 0 Å². The van der Waals surface area contributed by atoms with Gasteiger partial charge in [0.05, 0.1) is 18.1 Å². The Morgan fingerprint density at radius 1 is 1.41 bits per heavy atom. The number of β-lactam (4-membered cyclic amide) rings is 1. The van der Waals surface area contributed by atoms with Gasteiger partial charge in [-0.2, -0.15) is 0 Å². The van der Waals surface area contributed by atoms with Gasteiger partial charge in [-0.05, 0) is 24.1 Å². The average molecular weight is 483 g/mol. The fourth-order valence-electron chi connectivity index (χ4n) is 3.41. The first-order valence-corrected chi connectivity index (χ1v) is 11.4. The summed E-state index contributed by atoms with van der Waals surface area (Å²) in [6, 6.07) is 6.21. The Balaban J connectivity index is 0.00000289. The fourth-order valence-corrected chi connectivity index (χ4v) is 5.74. The van der Waals surface area contributed by atoms with Crippen LogP contribution in [0.15, 0.2) is 40.7 Å². The smallest absolute Gasteiger partial charge is 0.543 e. The third-order valence-corrected chi connectivity index (χ3v) is 7.19. The number of aryl methyl sites for hydroxylation is 1. The van der Waals surface area contributed by atoms with Crippen molar-refractivity contribution in [3.05, 3.63) is 46.9 Å². The van der Waals surface area contributed by atoms with Crippen LogP contribution in [0, 0.1) is 6.92 Å². The molecule has 0 radical (unpaired) electrons. The molecule has 2 atom stereocenters. The number of thioether (sulfide) groups is 2. The number of rotatable bonds is 7. The molecule has 2 aliphatic rings. The number of hydrogen-bond acceptors (Lipinski definition) is 9. The number of carbonyl (C=O) groups is 3. The minimum absolute atomic E-state index is 0. The van der Waals surface area contributed by atoms with Crippen molar-refractivity contribution in [1.82, 2.24) is 25.4 Å². The summed E-state index contributed by atoms with van der Waals surface area (Å²) < 4.78 is 0. The van der Waals surface area contributed by atoms with Crippen molar-refractivity contribution in [2.45, 2.75) is 29.9 Å². The molecule has 0 aliphatic carbocycles. The Hall–Kier alpha value is -1.99. The van der Waals surface area contributed by atoms with E-state index in [2.05, 4.69) is 20.5 Å². The molecule has 32 heavy (non-hydrogen) atoms. The first-order valence-electron chi connectivity index (χ1n) is 9.37. The minimum Gasteiger partial charge on any atom is -0.543 e. The van der Waals surface area contributed by atoms with Gasteiger partial charge in [0, 0.05) is 17.2 Å². The molecule has 2 aromatic rings. The van der Waals surface area contributed by atoms with Gasteiger partial charge in [0.1, 0.15) is 17.2 Å². The van der Waals surface area contributed by atoms with E-state index in [4.69, 9.17) is 5.73 Å². The maximum atomic E-state index is 12.7. The number of anilines is 1. The van der Waals surface area contributed by atoms with Crippen molar-refractivity contribution in [2.75, 3.05) is 17.2 Å². The van der Waals surface area contributed by atoms with Crippen LogP contribution in [-0.2, 0) is 20.8 Å². The summed E-state index contributed by atoms with van der Waals surface area (Å²) in [5.74, 6) is -0.870. The summed E-state index contributed by atoms with van der Waals surface area (Å²) in [5.41, 5.74) is 7.45. The van der Waals surface area contributed by atoms with Gasteiger partial charge < -0.3 is 21.0 Å². The number of aromatic amines is 1. The minimum atomic E-state index is -1.41. The Labute approximate surface area is 214 Å². The van der Waals surface area contributed by atoms with Gasteiger partial charge in [-0.3, -0.25) is 19.6 Å². The molecule has 3 heterocycles. The van der Waals surface area contributed by atoms with Gasteiger partial charge >= 0.3 is 29.6 Å². The largest absolute Gasteiger partial charge is 1.00 e. The first-order chi connectivity index (χ1) is 14.8. The number of para-hydroxylation sites is 1. The quantitative estimate of drug-likeness (QED) is 0.157. The maximum Gasteiger partial charge on any atom is 1.00 e. The molecule has 2 aliphatic heterocycles. The molecule has 0 saturated carbocycles. The molecule has 162 valence electrons. The number of H-pyrrole nitrogens is 1. The number of benzene rings is 1. The van der Waals surface area contributed by atoms with Crippen molar-refractivity contribution >= 4 is 47.0 Å². The van der Waals surface area contributed by atoms with Crippen molar-refractivity contribution in [1.29, 1.82) is 0 Å². The molecule has 1 fully saturated rings. The summed E-state index contributed by atoms with van der Waals surface area (Å²) in [6.07, 6.45) is 0.0367. The molecule has 4 rings (SSSR count). The van der Waals surface area contributed by atoms with Gasteiger partial charge in [0.25, 0.3) is 5.91 Å². The summed E-state index contributed by atoms with van der Waals surface area (Å²) in [4.78, 5) is 42.3. The van der Waals surface area contributed by atoms with Crippen LogP contribution < -0.4 is 45.7 Å². The number of carboxylic acid groups (broad SMARTS) is 1. The van der Waals surface area contributed by atoms with Crippen molar-refractivity contribution < 1.29 is 49.0 Å². The Bertz CT molecular complexity index is 1090. The monoisotopic (exact) mass is 482 g/mol. The molecule has 1 saturated heterocycles. The number of carbonyl (C=O) groups excluding carboxylic acids is 3.